The Kier molecular flexibility index (Phi) is 6.51. The molecule has 0 bridgehead atoms. The van der Waals surface area contributed by atoms with Crippen molar-refractivity contribution in [3.8, 4) is 5.75 Å². The number of ether oxygens (including phenoxy) is 1. The second kappa shape index (κ2) is 9.05. The summed E-state index contributed by atoms with van der Waals surface area (Å²) >= 11 is 3.59. The van der Waals surface area contributed by atoms with Crippen LogP contribution in [0.1, 0.15) is 30.5 Å². The quantitative estimate of drug-likeness (QED) is 0.548. The maximum Gasteiger partial charge on any atom is 0.258 e. The van der Waals surface area contributed by atoms with E-state index in [2.05, 4.69) is 53.3 Å². The highest BCUT2D eigenvalue weighted by Crippen LogP contribution is 2.32. The van der Waals surface area contributed by atoms with E-state index in [9.17, 15) is 4.79 Å². The molecule has 0 heterocycles. The van der Waals surface area contributed by atoms with E-state index in [4.69, 9.17) is 4.74 Å². The van der Waals surface area contributed by atoms with Gasteiger partial charge in [0.25, 0.3) is 5.91 Å². The van der Waals surface area contributed by atoms with Gasteiger partial charge < -0.3 is 10.1 Å². The summed E-state index contributed by atoms with van der Waals surface area (Å²) in [4.78, 5) is 12.3. The van der Waals surface area contributed by atoms with Gasteiger partial charge in [-0.3, -0.25) is 4.79 Å². The van der Waals surface area contributed by atoms with E-state index in [0.29, 0.717) is 12.3 Å². The Balaban J connectivity index is 1.61. The number of aryl methyl sites for hydroxylation is 2. The van der Waals surface area contributed by atoms with Crippen molar-refractivity contribution in [2.24, 2.45) is 0 Å². The summed E-state index contributed by atoms with van der Waals surface area (Å²) < 4.78 is 6.61. The lowest BCUT2D eigenvalue weighted by atomic mass is 10.0. The second-order valence-corrected chi connectivity index (χ2v) is 7.27. The predicted molar refractivity (Wildman–Crippen MR) is 114 cm³/mol. The molecule has 140 valence electrons. The molecule has 27 heavy (non-hydrogen) atoms. The third-order valence-electron chi connectivity index (χ3n) is 4.72. The number of rotatable bonds is 7. The fourth-order valence-corrected chi connectivity index (χ4v) is 3.73. The zero-order valence-corrected chi connectivity index (χ0v) is 17.3. The van der Waals surface area contributed by atoms with Gasteiger partial charge in [-0.25, -0.2) is 0 Å². The van der Waals surface area contributed by atoms with Crippen molar-refractivity contribution in [3.05, 3.63) is 75.8 Å². The molecule has 0 atom stereocenters. The smallest absolute Gasteiger partial charge is 0.258 e. The minimum Gasteiger partial charge on any atom is -0.483 e. The molecule has 3 rings (SSSR count). The summed E-state index contributed by atoms with van der Waals surface area (Å²) in [6, 6.07) is 18.4. The van der Waals surface area contributed by atoms with Gasteiger partial charge in [0, 0.05) is 6.54 Å². The summed E-state index contributed by atoms with van der Waals surface area (Å²) in [6.07, 6.45) is 1.94. The van der Waals surface area contributed by atoms with Crippen LogP contribution in [0.4, 0.5) is 0 Å². The fourth-order valence-electron chi connectivity index (χ4n) is 3.12. The molecular formula is C23H24BrNO2. The zero-order valence-electron chi connectivity index (χ0n) is 15.7. The van der Waals surface area contributed by atoms with Gasteiger partial charge >= 0.3 is 0 Å². The number of amides is 1. The first-order valence-electron chi connectivity index (χ1n) is 9.29. The highest BCUT2D eigenvalue weighted by molar-refractivity contribution is 9.10. The van der Waals surface area contributed by atoms with E-state index in [-0.39, 0.29) is 12.5 Å². The molecule has 3 nitrogen and oxygen atoms in total. The number of carbonyl (C=O) groups is 1. The van der Waals surface area contributed by atoms with Gasteiger partial charge in [-0.05, 0) is 62.3 Å². The van der Waals surface area contributed by atoms with Gasteiger partial charge in [-0.2, -0.15) is 0 Å². The van der Waals surface area contributed by atoms with Crippen LogP contribution in [0.15, 0.2) is 59.1 Å². The van der Waals surface area contributed by atoms with Gasteiger partial charge in [0.1, 0.15) is 5.75 Å². The Morgan fingerprint density at radius 2 is 1.81 bits per heavy atom. The van der Waals surface area contributed by atoms with Crippen molar-refractivity contribution in [2.75, 3.05) is 6.61 Å². The average Bonchev–Trinajstić information content (AvgIpc) is 2.71. The minimum atomic E-state index is -0.126. The molecule has 0 aliphatic carbocycles. The Morgan fingerprint density at radius 3 is 2.59 bits per heavy atom. The topological polar surface area (TPSA) is 38.3 Å². The minimum absolute atomic E-state index is 0.00807. The molecule has 0 spiro atoms. The van der Waals surface area contributed by atoms with E-state index in [0.717, 1.165) is 28.1 Å². The molecule has 0 fully saturated rings. The van der Waals surface area contributed by atoms with Crippen molar-refractivity contribution in [1.82, 2.24) is 5.32 Å². The highest BCUT2D eigenvalue weighted by atomic mass is 79.9. The Labute approximate surface area is 168 Å². The van der Waals surface area contributed by atoms with Gasteiger partial charge in [0.2, 0.25) is 0 Å². The van der Waals surface area contributed by atoms with Crippen LogP contribution in [-0.2, 0) is 24.2 Å². The molecule has 0 aromatic heterocycles. The predicted octanol–water partition coefficient (Wildman–Crippen LogP) is 5.42. The summed E-state index contributed by atoms with van der Waals surface area (Å²) in [7, 11) is 0. The van der Waals surface area contributed by atoms with E-state index in [1.165, 1.54) is 16.7 Å². The van der Waals surface area contributed by atoms with Crippen LogP contribution in [0, 0.1) is 0 Å². The Hall–Kier alpha value is -2.33. The van der Waals surface area contributed by atoms with Crippen LogP contribution in [0.3, 0.4) is 0 Å². The van der Waals surface area contributed by atoms with Crippen LogP contribution in [0.5, 0.6) is 5.75 Å². The first kappa shape index (κ1) is 19.4. The van der Waals surface area contributed by atoms with Crippen molar-refractivity contribution < 1.29 is 9.53 Å². The number of hydrogen-bond acceptors (Lipinski definition) is 2. The lowest BCUT2D eigenvalue weighted by molar-refractivity contribution is -0.123. The average molecular weight is 426 g/mol. The first-order chi connectivity index (χ1) is 13.1. The van der Waals surface area contributed by atoms with Gasteiger partial charge in [-0.15, -0.1) is 0 Å². The molecule has 0 radical (unpaired) electrons. The van der Waals surface area contributed by atoms with Crippen molar-refractivity contribution in [1.29, 1.82) is 0 Å². The SMILES string of the molecule is CCc1ccc(CC)c(CNC(=O)COc2ccc3ccccc3c2Br)c1. The normalized spacial score (nSPS) is 10.8. The maximum atomic E-state index is 12.3. The lowest BCUT2D eigenvalue weighted by Crippen LogP contribution is -2.28. The molecule has 4 heteroatoms. The third-order valence-corrected chi connectivity index (χ3v) is 5.54. The van der Waals surface area contributed by atoms with Crippen LogP contribution < -0.4 is 10.1 Å². The van der Waals surface area contributed by atoms with E-state index in [1.54, 1.807) is 0 Å². The summed E-state index contributed by atoms with van der Waals surface area (Å²) in [5, 5.41) is 5.17. The van der Waals surface area contributed by atoms with Crippen molar-refractivity contribution in [2.45, 2.75) is 33.2 Å². The van der Waals surface area contributed by atoms with Crippen molar-refractivity contribution in [3.63, 3.8) is 0 Å². The van der Waals surface area contributed by atoms with Gasteiger partial charge in [0.15, 0.2) is 6.61 Å². The first-order valence-corrected chi connectivity index (χ1v) is 10.1. The summed E-state index contributed by atoms with van der Waals surface area (Å²) in [6.45, 7) is 4.79. The molecule has 0 unspecified atom stereocenters. The zero-order chi connectivity index (χ0) is 19.2. The molecular weight excluding hydrogens is 402 g/mol. The molecule has 0 aliphatic heterocycles. The largest absolute Gasteiger partial charge is 0.483 e. The molecule has 3 aromatic carbocycles. The third kappa shape index (κ3) is 4.69. The second-order valence-electron chi connectivity index (χ2n) is 6.47. The number of benzene rings is 3. The van der Waals surface area contributed by atoms with Crippen LogP contribution in [-0.4, -0.2) is 12.5 Å². The molecule has 0 saturated carbocycles. The summed E-state index contributed by atoms with van der Waals surface area (Å²) in [5.74, 6) is 0.546. The number of halogens is 1. The number of fused-ring (bicyclic) bond motifs is 1. The number of carbonyl (C=O) groups excluding carboxylic acids is 1. The molecule has 1 amide bonds. The molecule has 0 saturated heterocycles. The Bertz CT molecular complexity index is 952. The number of nitrogens with one attached hydrogen (secondary N) is 1. The van der Waals surface area contributed by atoms with Gasteiger partial charge in [-0.1, -0.05) is 62.4 Å². The Morgan fingerprint density at radius 1 is 1.00 bits per heavy atom. The van der Waals surface area contributed by atoms with E-state index in [1.807, 2.05) is 36.4 Å². The molecule has 0 aliphatic rings. The molecule has 3 aromatic rings. The highest BCUT2D eigenvalue weighted by Gasteiger charge is 2.09. The standard InChI is InChI=1S/C23H24BrNO2/c1-3-16-9-10-17(4-2)19(13-16)14-25-22(26)15-27-21-12-11-18-7-5-6-8-20(18)23(21)24/h5-13H,3-4,14-15H2,1-2H3,(H,25,26). The maximum absolute atomic E-state index is 12.3. The fraction of sp³-hybridized carbons (Fsp3) is 0.261. The van der Waals surface area contributed by atoms with Crippen LogP contribution in [0.25, 0.3) is 10.8 Å². The molecule has 1 N–H and O–H groups in total. The number of hydrogen-bond donors (Lipinski definition) is 1. The van der Waals surface area contributed by atoms with E-state index >= 15 is 0 Å². The van der Waals surface area contributed by atoms with E-state index < -0.39 is 0 Å². The monoisotopic (exact) mass is 425 g/mol. The lowest BCUT2D eigenvalue weighted by Gasteiger charge is -2.13. The van der Waals surface area contributed by atoms with Gasteiger partial charge in [0.05, 0.1) is 4.47 Å². The summed E-state index contributed by atoms with van der Waals surface area (Å²) in [5.41, 5.74) is 3.73. The van der Waals surface area contributed by atoms with Crippen LogP contribution >= 0.6 is 15.9 Å². The van der Waals surface area contributed by atoms with Crippen molar-refractivity contribution >= 4 is 32.6 Å². The van der Waals surface area contributed by atoms with Crippen LogP contribution in [0.2, 0.25) is 0 Å².